The summed E-state index contributed by atoms with van der Waals surface area (Å²) >= 11 is 6.35. The smallest absolute Gasteiger partial charge is 0.325 e. The fraction of sp³-hybridized carbons (Fsp3) is 0.267. The van der Waals surface area contributed by atoms with Crippen LogP contribution in [0, 0.1) is 0 Å². The molecule has 21 heavy (non-hydrogen) atoms. The van der Waals surface area contributed by atoms with Gasteiger partial charge < -0.3 is 4.74 Å². The van der Waals surface area contributed by atoms with Crippen LogP contribution in [0.3, 0.4) is 0 Å². The maximum Gasteiger partial charge on any atom is 0.325 e. The third-order valence-corrected chi connectivity index (χ3v) is 4.42. The summed E-state index contributed by atoms with van der Waals surface area (Å²) in [6.07, 6.45) is 3.50. The van der Waals surface area contributed by atoms with Gasteiger partial charge in [0.15, 0.2) is 0 Å². The van der Waals surface area contributed by atoms with Gasteiger partial charge in [-0.05, 0) is 18.4 Å². The molecule has 1 amide bonds. The van der Waals surface area contributed by atoms with Crippen molar-refractivity contribution < 1.29 is 14.3 Å². The van der Waals surface area contributed by atoms with E-state index in [1.54, 1.807) is 0 Å². The number of carbonyl (C=O) groups is 2. The standard InChI is InChI=1S/C15H15NO3S2/c1-19-13(17)10-16-14(18)12(21-15(16)20)9-5-8-11-6-3-2-4-7-11/h2-4,6-7,9H,5,8,10H2,1H3/b12-9-. The second-order valence-corrected chi connectivity index (χ2v) is 6.10. The van der Waals surface area contributed by atoms with E-state index in [9.17, 15) is 9.59 Å². The molecule has 1 aromatic rings. The monoisotopic (exact) mass is 321 g/mol. The van der Waals surface area contributed by atoms with E-state index < -0.39 is 5.97 Å². The fourth-order valence-electron chi connectivity index (χ4n) is 1.88. The van der Waals surface area contributed by atoms with Crippen LogP contribution in [0.2, 0.25) is 0 Å². The van der Waals surface area contributed by atoms with Gasteiger partial charge in [-0.25, -0.2) is 0 Å². The molecule has 0 atom stereocenters. The first-order chi connectivity index (χ1) is 10.1. The normalized spacial score (nSPS) is 16.6. The maximum atomic E-state index is 12.2. The molecule has 110 valence electrons. The lowest BCUT2D eigenvalue weighted by atomic mass is 10.1. The minimum Gasteiger partial charge on any atom is -0.468 e. The van der Waals surface area contributed by atoms with Gasteiger partial charge in [-0.1, -0.05) is 60.4 Å². The number of thiocarbonyl (C=S) groups is 1. The van der Waals surface area contributed by atoms with Crippen LogP contribution in [0.25, 0.3) is 0 Å². The van der Waals surface area contributed by atoms with Crippen molar-refractivity contribution in [2.24, 2.45) is 0 Å². The number of carbonyl (C=O) groups excluding carboxylic acids is 2. The second kappa shape index (κ2) is 7.38. The summed E-state index contributed by atoms with van der Waals surface area (Å²) in [5.74, 6) is -0.694. The van der Waals surface area contributed by atoms with Gasteiger partial charge in [0.2, 0.25) is 0 Å². The van der Waals surface area contributed by atoms with Crippen molar-refractivity contribution in [1.29, 1.82) is 0 Å². The molecule has 1 heterocycles. The largest absolute Gasteiger partial charge is 0.468 e. The van der Waals surface area contributed by atoms with Crippen LogP contribution in [0.5, 0.6) is 0 Å². The lowest BCUT2D eigenvalue weighted by Crippen LogP contribution is -2.34. The van der Waals surface area contributed by atoms with Crippen molar-refractivity contribution in [1.82, 2.24) is 4.90 Å². The highest BCUT2D eigenvalue weighted by Gasteiger charge is 2.33. The molecule has 0 bridgehead atoms. The number of hydrogen-bond acceptors (Lipinski definition) is 5. The van der Waals surface area contributed by atoms with Crippen molar-refractivity contribution in [2.45, 2.75) is 12.8 Å². The molecule has 1 aliphatic heterocycles. The summed E-state index contributed by atoms with van der Waals surface area (Å²) in [7, 11) is 1.29. The van der Waals surface area contributed by atoms with Gasteiger partial charge in [0, 0.05) is 0 Å². The Bertz CT molecular complexity index is 584. The van der Waals surface area contributed by atoms with Crippen LogP contribution < -0.4 is 0 Å². The van der Waals surface area contributed by atoms with E-state index in [-0.39, 0.29) is 12.5 Å². The Kier molecular flexibility index (Phi) is 5.52. The highest BCUT2D eigenvalue weighted by molar-refractivity contribution is 8.26. The van der Waals surface area contributed by atoms with Crippen LogP contribution in [0.1, 0.15) is 12.0 Å². The Morgan fingerprint density at radius 2 is 2.10 bits per heavy atom. The molecular formula is C15H15NO3S2. The fourth-order valence-corrected chi connectivity index (χ4v) is 3.14. The van der Waals surface area contributed by atoms with Crippen molar-refractivity contribution >= 4 is 40.2 Å². The summed E-state index contributed by atoms with van der Waals surface area (Å²) < 4.78 is 4.96. The first kappa shape index (κ1) is 15.7. The topological polar surface area (TPSA) is 46.6 Å². The average Bonchev–Trinajstić information content (AvgIpc) is 2.76. The van der Waals surface area contributed by atoms with Gasteiger partial charge in [-0.3, -0.25) is 14.5 Å². The number of allylic oxidation sites excluding steroid dienone is 1. The number of ether oxygens (including phenoxy) is 1. The summed E-state index contributed by atoms with van der Waals surface area (Å²) in [4.78, 5) is 25.3. The van der Waals surface area contributed by atoms with Gasteiger partial charge in [-0.15, -0.1) is 0 Å². The van der Waals surface area contributed by atoms with Gasteiger partial charge in [0.05, 0.1) is 12.0 Å². The van der Waals surface area contributed by atoms with Crippen molar-refractivity contribution in [3.05, 3.63) is 46.9 Å². The maximum absolute atomic E-state index is 12.2. The molecule has 6 heteroatoms. The average molecular weight is 321 g/mol. The molecule has 0 aliphatic carbocycles. The minimum atomic E-state index is -0.475. The molecule has 0 N–H and O–H groups in total. The predicted molar refractivity (Wildman–Crippen MR) is 86.8 cm³/mol. The number of methoxy groups -OCH3 is 1. The van der Waals surface area contributed by atoms with Crippen LogP contribution in [0.4, 0.5) is 0 Å². The van der Waals surface area contributed by atoms with E-state index in [4.69, 9.17) is 12.2 Å². The lowest BCUT2D eigenvalue weighted by molar-refractivity contribution is -0.143. The summed E-state index contributed by atoms with van der Waals surface area (Å²) in [6, 6.07) is 10.1. The Balaban J connectivity index is 1.95. The van der Waals surface area contributed by atoms with Crippen LogP contribution in [0.15, 0.2) is 41.3 Å². The first-order valence-electron chi connectivity index (χ1n) is 6.46. The van der Waals surface area contributed by atoms with Crippen molar-refractivity contribution in [2.75, 3.05) is 13.7 Å². The number of aryl methyl sites for hydroxylation is 1. The van der Waals surface area contributed by atoms with Crippen molar-refractivity contribution in [3.63, 3.8) is 0 Å². The van der Waals surface area contributed by atoms with E-state index in [1.165, 1.54) is 29.3 Å². The molecule has 1 fully saturated rings. The third kappa shape index (κ3) is 4.15. The molecule has 0 spiro atoms. The Morgan fingerprint density at radius 1 is 1.38 bits per heavy atom. The Morgan fingerprint density at radius 3 is 2.76 bits per heavy atom. The molecule has 0 radical (unpaired) electrons. The van der Waals surface area contributed by atoms with Gasteiger partial charge in [0.25, 0.3) is 5.91 Å². The van der Waals surface area contributed by atoms with E-state index in [0.29, 0.717) is 9.23 Å². The van der Waals surface area contributed by atoms with Crippen LogP contribution >= 0.6 is 24.0 Å². The number of amides is 1. The molecule has 1 aliphatic rings. The van der Waals surface area contributed by atoms with Gasteiger partial charge >= 0.3 is 5.97 Å². The number of nitrogens with zero attached hydrogens (tertiary/aromatic N) is 1. The molecule has 1 aromatic carbocycles. The summed E-state index contributed by atoms with van der Waals surface area (Å²) in [5, 5.41) is 0. The molecule has 0 unspecified atom stereocenters. The molecule has 4 nitrogen and oxygen atoms in total. The molecule has 2 rings (SSSR count). The van der Waals surface area contributed by atoms with E-state index in [0.717, 1.165) is 12.8 Å². The summed E-state index contributed by atoms with van der Waals surface area (Å²) in [5.41, 5.74) is 1.22. The lowest BCUT2D eigenvalue weighted by Gasteiger charge is -2.11. The molecule has 0 aromatic heterocycles. The van der Waals surface area contributed by atoms with Gasteiger partial charge in [-0.2, -0.15) is 0 Å². The quantitative estimate of drug-likeness (QED) is 0.474. The SMILES string of the molecule is COC(=O)CN1C(=O)/C(=C/CCc2ccccc2)SC1=S. The zero-order chi connectivity index (χ0) is 15.2. The number of esters is 1. The highest BCUT2D eigenvalue weighted by atomic mass is 32.2. The molecule has 1 saturated heterocycles. The summed E-state index contributed by atoms with van der Waals surface area (Å²) in [6.45, 7) is -0.128. The number of benzene rings is 1. The number of rotatable bonds is 5. The van der Waals surface area contributed by atoms with E-state index in [2.05, 4.69) is 16.9 Å². The Labute approximate surface area is 133 Å². The molecule has 0 saturated carbocycles. The first-order valence-corrected chi connectivity index (χ1v) is 7.69. The number of hydrogen-bond donors (Lipinski definition) is 0. The zero-order valence-corrected chi connectivity index (χ0v) is 13.2. The minimum absolute atomic E-state index is 0.128. The second-order valence-electron chi connectivity index (χ2n) is 4.43. The van der Waals surface area contributed by atoms with Gasteiger partial charge in [0.1, 0.15) is 10.9 Å². The van der Waals surface area contributed by atoms with E-state index >= 15 is 0 Å². The molecular weight excluding hydrogens is 306 g/mol. The number of thioether (sulfide) groups is 1. The third-order valence-electron chi connectivity index (χ3n) is 2.99. The van der Waals surface area contributed by atoms with E-state index in [1.807, 2.05) is 24.3 Å². The Hall–Kier alpha value is -1.66. The van der Waals surface area contributed by atoms with Crippen LogP contribution in [-0.2, 0) is 20.7 Å². The zero-order valence-electron chi connectivity index (χ0n) is 11.6. The highest BCUT2D eigenvalue weighted by Crippen LogP contribution is 2.31. The van der Waals surface area contributed by atoms with Crippen molar-refractivity contribution in [3.8, 4) is 0 Å². The van der Waals surface area contributed by atoms with Crippen LogP contribution in [-0.4, -0.2) is 34.8 Å². The predicted octanol–water partition coefficient (Wildman–Crippen LogP) is 2.54.